The van der Waals surface area contributed by atoms with E-state index in [1.165, 1.54) is 6.08 Å². The molecule has 0 aromatic heterocycles. The molecule has 0 amide bonds. The second kappa shape index (κ2) is 5.64. The second-order valence-corrected chi connectivity index (χ2v) is 1.04. The molecule has 0 aliphatic rings. The third-order valence-corrected chi connectivity index (χ3v) is 0.381. The standard InChI is InChI=1S/C3H3O.Fe.Ti/c1-2-3-4;;/h2H,1H2;;. The van der Waals surface area contributed by atoms with E-state index in [1.807, 2.05) is 0 Å². The van der Waals surface area contributed by atoms with E-state index < -0.39 is 0 Å². The van der Waals surface area contributed by atoms with E-state index in [1.54, 1.807) is 0 Å². The van der Waals surface area contributed by atoms with Crippen LogP contribution in [0.1, 0.15) is 0 Å². The van der Waals surface area contributed by atoms with E-state index in [4.69, 9.17) is 0 Å². The van der Waals surface area contributed by atoms with Crippen molar-refractivity contribution in [3.8, 4) is 0 Å². The number of hydrogen-bond donors (Lipinski definition) is 0. The molecular weight excluding hydrogens is 156 g/mol. The van der Waals surface area contributed by atoms with Gasteiger partial charge in [0.05, 0.1) is 0 Å². The fourth-order valence-electron chi connectivity index (χ4n) is 0. The molecule has 0 N–H and O–H groups in total. The molecule has 0 rings (SSSR count). The summed E-state index contributed by atoms with van der Waals surface area (Å²) >= 11 is 3.00. The van der Waals surface area contributed by atoms with Gasteiger partial charge in [-0.25, -0.2) is 0 Å². The van der Waals surface area contributed by atoms with Crippen LogP contribution >= 0.6 is 0 Å². The summed E-state index contributed by atoms with van der Waals surface area (Å²) in [6.45, 7) is 3.15. The van der Waals surface area contributed by atoms with Crippen molar-refractivity contribution in [1.29, 1.82) is 0 Å². The van der Waals surface area contributed by atoms with Gasteiger partial charge in [0.25, 0.3) is 0 Å². The number of carbonyl (C=O) groups excluding carboxylic acids is 1. The van der Waals surface area contributed by atoms with Crippen LogP contribution in [-0.4, -0.2) is 4.68 Å². The predicted molar refractivity (Wildman–Crippen MR) is 15.2 cm³/mol. The summed E-state index contributed by atoms with van der Waals surface area (Å²) in [5, 5.41) is 0. The minimum atomic E-state index is -0.231. The Morgan fingerprint density at radius 3 is 2.00 bits per heavy atom. The molecule has 0 radical (unpaired) electrons. The van der Waals surface area contributed by atoms with Crippen molar-refractivity contribution in [3.63, 3.8) is 0 Å². The Hall–Kier alpha value is 0.644. The Morgan fingerprint density at radius 1 is 1.83 bits per heavy atom. The molecule has 0 fully saturated rings. The van der Waals surface area contributed by atoms with Gasteiger partial charge in [0.2, 0.25) is 0 Å². The van der Waals surface area contributed by atoms with Crippen molar-refractivity contribution >= 4 is 4.68 Å². The van der Waals surface area contributed by atoms with Crippen LogP contribution < -0.4 is 0 Å². The number of rotatable bonds is 1. The van der Waals surface area contributed by atoms with E-state index in [9.17, 15) is 4.79 Å². The molecule has 33 valence electrons. The maximum absolute atomic E-state index is 9.58. The summed E-state index contributed by atoms with van der Waals surface area (Å²) in [6, 6.07) is 0. The first kappa shape index (κ1) is 9.81. The third-order valence-electron chi connectivity index (χ3n) is 0.156. The van der Waals surface area contributed by atoms with Gasteiger partial charge in [-0.1, -0.05) is 0 Å². The van der Waals surface area contributed by atoms with Crippen molar-refractivity contribution < 1.29 is 42.5 Å². The topological polar surface area (TPSA) is 17.1 Å². The van der Waals surface area contributed by atoms with Gasteiger partial charge in [-0.3, -0.25) is 0 Å². The Morgan fingerprint density at radius 2 is 2.00 bits per heavy atom. The summed E-state index contributed by atoms with van der Waals surface area (Å²) in [6.07, 6.45) is 1.17. The van der Waals surface area contributed by atoms with Crippen LogP contribution in [0.4, 0.5) is 0 Å². The first-order chi connectivity index (χ1) is 2.27. The average molecular weight is 159 g/mol. The molecule has 0 saturated heterocycles. The van der Waals surface area contributed by atoms with Gasteiger partial charge in [0.15, 0.2) is 0 Å². The van der Waals surface area contributed by atoms with E-state index in [-0.39, 0.29) is 26.4 Å². The second-order valence-electron chi connectivity index (χ2n) is 0.496. The summed E-state index contributed by atoms with van der Waals surface area (Å²) in [4.78, 5) is 9.58. The fourth-order valence-corrected chi connectivity index (χ4v) is 0. The van der Waals surface area contributed by atoms with Crippen LogP contribution in [0, 0.1) is 0 Å². The van der Waals surface area contributed by atoms with Gasteiger partial charge < -0.3 is 0 Å². The molecule has 0 spiro atoms. The monoisotopic (exact) mass is 159 g/mol. The first-order valence-electron chi connectivity index (χ1n) is 1.08. The van der Waals surface area contributed by atoms with Crippen molar-refractivity contribution in [2.24, 2.45) is 0 Å². The predicted octanol–water partition coefficient (Wildman–Crippen LogP) is 0.243. The van der Waals surface area contributed by atoms with Gasteiger partial charge in [-0.05, 0) is 0 Å². The molecule has 0 saturated carbocycles. The molecule has 0 unspecified atom stereocenters. The van der Waals surface area contributed by atoms with Crippen LogP contribution in [0.2, 0.25) is 0 Å². The molecule has 0 heterocycles. The summed E-state index contributed by atoms with van der Waals surface area (Å²) in [5.74, 6) is 0. The van der Waals surface area contributed by atoms with Gasteiger partial charge in [0, 0.05) is 21.7 Å². The maximum Gasteiger partial charge on any atom is 0 e. The Bertz CT molecular complexity index is 61.8. The quantitative estimate of drug-likeness (QED) is 0.395. The Kier molecular flexibility index (Phi) is 9.23. The molecule has 0 atom stereocenters. The van der Waals surface area contributed by atoms with Gasteiger partial charge >= 0.3 is 38.1 Å². The Balaban J connectivity index is 0. The number of carbonyl (C=O) groups is 1. The van der Waals surface area contributed by atoms with Crippen LogP contribution in [0.5, 0.6) is 0 Å². The summed E-state index contributed by atoms with van der Waals surface area (Å²) in [5.41, 5.74) is 0. The number of hydrogen-bond acceptors (Lipinski definition) is 1. The van der Waals surface area contributed by atoms with E-state index >= 15 is 0 Å². The minimum Gasteiger partial charge on any atom is 0 e. The van der Waals surface area contributed by atoms with Crippen molar-refractivity contribution in [3.05, 3.63) is 12.7 Å². The number of allylic oxidation sites excluding steroid dienone is 1. The third kappa shape index (κ3) is 8.82. The minimum absolute atomic E-state index is 0. The first-order valence-corrected chi connectivity index (χ1v) is 1.63. The zero-order valence-electron chi connectivity index (χ0n) is 3.05. The summed E-state index contributed by atoms with van der Waals surface area (Å²) in [7, 11) is 0. The van der Waals surface area contributed by atoms with Crippen LogP contribution in [0.15, 0.2) is 12.7 Å². The zero-order chi connectivity index (χ0) is 4.28. The van der Waals surface area contributed by atoms with Crippen LogP contribution in [0.25, 0.3) is 0 Å². The van der Waals surface area contributed by atoms with Crippen molar-refractivity contribution in [2.45, 2.75) is 0 Å². The van der Waals surface area contributed by atoms with Crippen molar-refractivity contribution in [2.75, 3.05) is 0 Å². The van der Waals surface area contributed by atoms with Gasteiger partial charge in [-0.2, -0.15) is 0 Å². The summed E-state index contributed by atoms with van der Waals surface area (Å²) < 4.78 is -0.231. The van der Waals surface area contributed by atoms with Crippen LogP contribution in [0.3, 0.4) is 0 Å². The smallest absolute Gasteiger partial charge is 0 e. The van der Waals surface area contributed by atoms with Gasteiger partial charge in [-0.15, -0.1) is 0 Å². The normalized spacial score (nSPS) is 5.50. The molecule has 1 nitrogen and oxygen atoms in total. The van der Waals surface area contributed by atoms with Crippen molar-refractivity contribution in [1.82, 2.24) is 0 Å². The molecule has 0 aromatic carbocycles. The largest absolute Gasteiger partial charge is 0 e. The maximum atomic E-state index is 9.58. The van der Waals surface area contributed by atoms with Crippen LogP contribution in [-0.2, 0) is 42.5 Å². The molecular formula is C3H3FeOTi. The molecule has 0 aliphatic carbocycles. The molecule has 0 aliphatic heterocycles. The molecule has 0 bridgehead atoms. The molecule has 3 heteroatoms. The SMILES string of the molecule is C=C[C](=O)[Fe].[Ti]. The van der Waals surface area contributed by atoms with E-state index in [2.05, 4.69) is 22.6 Å². The zero-order valence-corrected chi connectivity index (χ0v) is 5.71. The molecule has 6 heavy (non-hydrogen) atoms. The Labute approximate surface area is 59.9 Å². The van der Waals surface area contributed by atoms with E-state index in [0.717, 1.165) is 0 Å². The van der Waals surface area contributed by atoms with E-state index in [0.29, 0.717) is 0 Å². The fraction of sp³-hybridized carbons (Fsp3) is 0. The molecule has 0 aromatic rings. The van der Waals surface area contributed by atoms with Gasteiger partial charge in [0.1, 0.15) is 0 Å². The average Bonchev–Trinajstić information content (AvgIpc) is 1.38.